The van der Waals surface area contributed by atoms with Gasteiger partial charge < -0.3 is 15.2 Å². The zero-order chi connectivity index (χ0) is 17.8. The minimum absolute atomic E-state index is 0.151. The lowest BCUT2D eigenvalue weighted by Crippen LogP contribution is -2.12. The zero-order valence-corrected chi connectivity index (χ0v) is 13.3. The average molecular weight is 337 g/mol. The van der Waals surface area contributed by atoms with Crippen LogP contribution in [0.25, 0.3) is 5.69 Å². The standard InChI is InChI=1S/C17H15N5O3/c1-18-15-6-5-12(9-16(15)22(24)25)17(23)20-13-3-2-4-14(10-13)21-8-7-19-11-21/h2-11,18H,1H3,(H,20,23). The molecule has 0 aliphatic carbocycles. The molecule has 0 atom stereocenters. The van der Waals surface area contributed by atoms with E-state index in [0.29, 0.717) is 11.4 Å². The van der Waals surface area contributed by atoms with Crippen LogP contribution in [-0.2, 0) is 0 Å². The number of hydrogen-bond acceptors (Lipinski definition) is 5. The normalized spacial score (nSPS) is 10.3. The van der Waals surface area contributed by atoms with Gasteiger partial charge in [-0.1, -0.05) is 6.07 Å². The van der Waals surface area contributed by atoms with Gasteiger partial charge in [0.1, 0.15) is 5.69 Å². The van der Waals surface area contributed by atoms with Gasteiger partial charge in [0.05, 0.1) is 11.3 Å². The maximum atomic E-state index is 12.4. The SMILES string of the molecule is CNc1ccc(C(=O)Nc2cccc(-n3ccnc3)c2)cc1[N+](=O)[O-]. The second kappa shape index (κ2) is 6.83. The number of nitrogens with zero attached hydrogens (tertiary/aromatic N) is 3. The second-order valence-electron chi connectivity index (χ2n) is 5.21. The van der Waals surface area contributed by atoms with Crippen LogP contribution in [0.2, 0.25) is 0 Å². The Morgan fingerprint density at radius 2 is 2.08 bits per heavy atom. The number of nitro benzene ring substituents is 1. The smallest absolute Gasteiger partial charge is 0.293 e. The van der Waals surface area contributed by atoms with Crippen LogP contribution in [0, 0.1) is 10.1 Å². The van der Waals surface area contributed by atoms with Crippen molar-refractivity contribution in [3.8, 4) is 5.69 Å². The minimum Gasteiger partial charge on any atom is -0.383 e. The number of nitrogens with one attached hydrogen (secondary N) is 2. The molecule has 1 heterocycles. The predicted molar refractivity (Wildman–Crippen MR) is 94.2 cm³/mol. The summed E-state index contributed by atoms with van der Waals surface area (Å²) in [6.07, 6.45) is 5.11. The Balaban J connectivity index is 1.84. The van der Waals surface area contributed by atoms with Gasteiger partial charge >= 0.3 is 0 Å². The lowest BCUT2D eigenvalue weighted by Gasteiger charge is -2.09. The molecule has 0 saturated heterocycles. The Morgan fingerprint density at radius 3 is 2.76 bits per heavy atom. The third-order valence-corrected chi connectivity index (χ3v) is 3.63. The first kappa shape index (κ1) is 16.2. The minimum atomic E-state index is -0.526. The van der Waals surface area contributed by atoms with Crippen LogP contribution in [0.5, 0.6) is 0 Å². The van der Waals surface area contributed by atoms with E-state index in [9.17, 15) is 14.9 Å². The Labute approximate surface area is 143 Å². The third kappa shape index (κ3) is 3.47. The molecular weight excluding hydrogens is 322 g/mol. The highest BCUT2D eigenvalue weighted by Gasteiger charge is 2.17. The summed E-state index contributed by atoms with van der Waals surface area (Å²) in [6.45, 7) is 0. The van der Waals surface area contributed by atoms with E-state index in [-0.39, 0.29) is 11.3 Å². The Morgan fingerprint density at radius 1 is 1.24 bits per heavy atom. The van der Waals surface area contributed by atoms with Gasteiger partial charge in [0.2, 0.25) is 0 Å². The molecule has 2 N–H and O–H groups in total. The van der Waals surface area contributed by atoms with Crippen LogP contribution in [0.3, 0.4) is 0 Å². The molecule has 8 heteroatoms. The van der Waals surface area contributed by atoms with E-state index in [1.54, 1.807) is 44.0 Å². The lowest BCUT2D eigenvalue weighted by atomic mass is 10.1. The molecule has 0 spiro atoms. The van der Waals surface area contributed by atoms with E-state index >= 15 is 0 Å². The molecule has 0 radical (unpaired) electrons. The van der Waals surface area contributed by atoms with Gasteiger partial charge in [-0.25, -0.2) is 4.98 Å². The van der Waals surface area contributed by atoms with Crippen molar-refractivity contribution in [2.75, 3.05) is 17.7 Å². The van der Waals surface area contributed by atoms with Crippen LogP contribution in [0.15, 0.2) is 61.2 Å². The molecule has 1 amide bonds. The molecule has 3 aromatic rings. The van der Waals surface area contributed by atoms with Gasteiger partial charge in [0.25, 0.3) is 11.6 Å². The second-order valence-corrected chi connectivity index (χ2v) is 5.21. The summed E-state index contributed by atoms with van der Waals surface area (Å²) in [5.74, 6) is -0.423. The summed E-state index contributed by atoms with van der Waals surface area (Å²) in [5.41, 5.74) is 1.83. The van der Waals surface area contributed by atoms with Crippen molar-refractivity contribution in [1.82, 2.24) is 9.55 Å². The van der Waals surface area contributed by atoms with Gasteiger partial charge in [-0.3, -0.25) is 14.9 Å². The largest absolute Gasteiger partial charge is 0.383 e. The van der Waals surface area contributed by atoms with E-state index in [0.717, 1.165) is 5.69 Å². The number of aromatic nitrogens is 2. The monoisotopic (exact) mass is 337 g/mol. The van der Waals surface area contributed by atoms with Gasteiger partial charge in [-0.05, 0) is 30.3 Å². The topological polar surface area (TPSA) is 102 Å². The van der Waals surface area contributed by atoms with Crippen molar-refractivity contribution in [3.63, 3.8) is 0 Å². The van der Waals surface area contributed by atoms with E-state index in [1.807, 2.05) is 10.6 Å². The van der Waals surface area contributed by atoms with E-state index in [2.05, 4.69) is 15.6 Å². The number of rotatable bonds is 5. The van der Waals surface area contributed by atoms with Crippen molar-refractivity contribution in [2.24, 2.45) is 0 Å². The fourth-order valence-electron chi connectivity index (χ4n) is 2.39. The van der Waals surface area contributed by atoms with Crippen molar-refractivity contribution in [2.45, 2.75) is 0 Å². The van der Waals surface area contributed by atoms with Crippen molar-refractivity contribution in [1.29, 1.82) is 0 Å². The van der Waals surface area contributed by atoms with Gasteiger partial charge in [-0.2, -0.15) is 0 Å². The summed E-state index contributed by atoms with van der Waals surface area (Å²) in [6, 6.07) is 11.5. The predicted octanol–water partition coefficient (Wildman–Crippen LogP) is 3.07. The quantitative estimate of drug-likeness (QED) is 0.550. The van der Waals surface area contributed by atoms with E-state index < -0.39 is 10.8 Å². The van der Waals surface area contributed by atoms with E-state index in [1.165, 1.54) is 18.2 Å². The molecule has 0 aliphatic heterocycles. The molecule has 0 aliphatic rings. The molecule has 126 valence electrons. The summed E-state index contributed by atoms with van der Waals surface area (Å²) < 4.78 is 1.81. The van der Waals surface area contributed by atoms with Crippen LogP contribution < -0.4 is 10.6 Å². The fraction of sp³-hybridized carbons (Fsp3) is 0.0588. The average Bonchev–Trinajstić information content (AvgIpc) is 3.16. The molecular formula is C17H15N5O3. The Hall–Kier alpha value is -3.68. The third-order valence-electron chi connectivity index (χ3n) is 3.63. The first-order valence-electron chi connectivity index (χ1n) is 7.44. The molecule has 8 nitrogen and oxygen atoms in total. The van der Waals surface area contributed by atoms with Crippen LogP contribution in [0.4, 0.5) is 17.1 Å². The van der Waals surface area contributed by atoms with Crippen LogP contribution in [-0.4, -0.2) is 27.4 Å². The number of benzene rings is 2. The van der Waals surface area contributed by atoms with Crippen molar-refractivity contribution in [3.05, 3.63) is 76.9 Å². The number of carbonyl (C=O) groups is 1. The molecule has 0 unspecified atom stereocenters. The Kier molecular flexibility index (Phi) is 4.42. The van der Waals surface area contributed by atoms with Crippen molar-refractivity contribution >= 4 is 23.0 Å². The number of carbonyl (C=O) groups excluding carboxylic acids is 1. The number of anilines is 2. The summed E-state index contributed by atoms with van der Waals surface area (Å²) in [5, 5.41) is 16.6. The molecule has 3 rings (SSSR count). The van der Waals surface area contributed by atoms with Gasteiger partial charge in [0, 0.05) is 42.4 Å². The molecule has 0 fully saturated rings. The summed E-state index contributed by atoms with van der Waals surface area (Å²) in [7, 11) is 1.59. The molecule has 0 saturated carbocycles. The lowest BCUT2D eigenvalue weighted by molar-refractivity contribution is -0.384. The maximum absolute atomic E-state index is 12.4. The molecule has 1 aromatic heterocycles. The van der Waals surface area contributed by atoms with Crippen LogP contribution >= 0.6 is 0 Å². The highest BCUT2D eigenvalue weighted by Crippen LogP contribution is 2.25. The molecule has 0 bridgehead atoms. The first-order chi connectivity index (χ1) is 12.1. The number of nitro groups is 1. The fourth-order valence-corrected chi connectivity index (χ4v) is 2.39. The maximum Gasteiger partial charge on any atom is 0.293 e. The van der Waals surface area contributed by atoms with E-state index in [4.69, 9.17) is 0 Å². The first-order valence-corrected chi connectivity index (χ1v) is 7.44. The van der Waals surface area contributed by atoms with Crippen LogP contribution in [0.1, 0.15) is 10.4 Å². The zero-order valence-electron chi connectivity index (χ0n) is 13.3. The Bertz CT molecular complexity index is 922. The highest BCUT2D eigenvalue weighted by atomic mass is 16.6. The molecule has 25 heavy (non-hydrogen) atoms. The summed E-state index contributed by atoms with van der Waals surface area (Å²) in [4.78, 5) is 27.0. The molecule has 2 aromatic carbocycles. The number of amides is 1. The highest BCUT2D eigenvalue weighted by molar-refractivity contribution is 6.05. The van der Waals surface area contributed by atoms with Gasteiger partial charge in [0.15, 0.2) is 0 Å². The van der Waals surface area contributed by atoms with Crippen molar-refractivity contribution < 1.29 is 9.72 Å². The van der Waals surface area contributed by atoms with Gasteiger partial charge in [-0.15, -0.1) is 0 Å². The summed E-state index contributed by atoms with van der Waals surface area (Å²) >= 11 is 0. The number of imidazole rings is 1. The number of hydrogen-bond donors (Lipinski definition) is 2.